The van der Waals surface area contributed by atoms with Gasteiger partial charge in [0.05, 0.1) is 17.2 Å². The standard InChI is InChI=1S/C16H18Cl2N2O4/c1-15(2,3)19-14(23)16(8-13(21)22)7-12(20-24-16)10-5-4-9(17)6-11(10)18/h4-6H,7-8H2,1-3H3,(H,19,23)(H,21,22). The van der Waals surface area contributed by atoms with Crippen LogP contribution in [0.2, 0.25) is 10.0 Å². The molecule has 24 heavy (non-hydrogen) atoms. The summed E-state index contributed by atoms with van der Waals surface area (Å²) in [5.41, 5.74) is -1.18. The monoisotopic (exact) mass is 372 g/mol. The molecule has 0 aliphatic carbocycles. The molecular weight excluding hydrogens is 355 g/mol. The van der Waals surface area contributed by atoms with E-state index in [0.29, 0.717) is 21.3 Å². The summed E-state index contributed by atoms with van der Waals surface area (Å²) in [7, 11) is 0. The highest BCUT2D eigenvalue weighted by atomic mass is 35.5. The van der Waals surface area contributed by atoms with E-state index in [-0.39, 0.29) is 6.42 Å². The van der Waals surface area contributed by atoms with Gasteiger partial charge < -0.3 is 15.3 Å². The van der Waals surface area contributed by atoms with E-state index in [2.05, 4.69) is 10.5 Å². The molecule has 0 fully saturated rings. The summed E-state index contributed by atoms with van der Waals surface area (Å²) in [6.07, 6.45) is -0.504. The molecule has 6 nitrogen and oxygen atoms in total. The van der Waals surface area contributed by atoms with Crippen LogP contribution in [-0.4, -0.2) is 33.8 Å². The van der Waals surface area contributed by atoms with Gasteiger partial charge in [-0.1, -0.05) is 34.4 Å². The van der Waals surface area contributed by atoms with Gasteiger partial charge in [0.25, 0.3) is 5.91 Å². The summed E-state index contributed by atoms with van der Waals surface area (Å²) < 4.78 is 0. The minimum atomic E-state index is -1.60. The zero-order valence-corrected chi connectivity index (χ0v) is 15.0. The minimum absolute atomic E-state index is 0.00255. The van der Waals surface area contributed by atoms with Gasteiger partial charge in [0, 0.05) is 22.5 Å². The van der Waals surface area contributed by atoms with Crippen LogP contribution in [0, 0.1) is 0 Å². The van der Waals surface area contributed by atoms with Crippen molar-refractivity contribution >= 4 is 40.8 Å². The molecule has 1 aromatic rings. The summed E-state index contributed by atoms with van der Waals surface area (Å²) in [5.74, 6) is -1.68. The Morgan fingerprint density at radius 3 is 2.58 bits per heavy atom. The smallest absolute Gasteiger partial charge is 0.308 e. The second-order valence-corrected chi connectivity index (χ2v) is 7.54. The molecule has 0 saturated carbocycles. The Morgan fingerprint density at radius 1 is 1.38 bits per heavy atom. The number of benzene rings is 1. The van der Waals surface area contributed by atoms with E-state index in [1.165, 1.54) is 0 Å². The maximum absolute atomic E-state index is 12.6. The summed E-state index contributed by atoms with van der Waals surface area (Å²) in [6.45, 7) is 5.39. The van der Waals surface area contributed by atoms with Crippen molar-refractivity contribution in [1.82, 2.24) is 5.32 Å². The van der Waals surface area contributed by atoms with E-state index in [0.717, 1.165) is 0 Å². The second-order valence-electron chi connectivity index (χ2n) is 6.70. The largest absolute Gasteiger partial charge is 0.481 e. The van der Waals surface area contributed by atoms with Gasteiger partial charge in [-0.3, -0.25) is 9.59 Å². The number of rotatable bonds is 4. The van der Waals surface area contributed by atoms with Crippen molar-refractivity contribution in [2.24, 2.45) is 5.16 Å². The highest BCUT2D eigenvalue weighted by molar-refractivity contribution is 6.37. The van der Waals surface area contributed by atoms with Gasteiger partial charge in [-0.15, -0.1) is 0 Å². The summed E-state index contributed by atoms with van der Waals surface area (Å²) in [5, 5.41) is 16.7. The lowest BCUT2D eigenvalue weighted by Crippen LogP contribution is -2.54. The lowest BCUT2D eigenvalue weighted by molar-refractivity contribution is -0.157. The van der Waals surface area contributed by atoms with Crippen molar-refractivity contribution in [3.05, 3.63) is 33.8 Å². The van der Waals surface area contributed by atoms with Crippen molar-refractivity contribution in [1.29, 1.82) is 0 Å². The molecule has 0 aromatic heterocycles. The fraction of sp³-hybridized carbons (Fsp3) is 0.438. The van der Waals surface area contributed by atoms with Crippen LogP contribution in [0.4, 0.5) is 0 Å². The van der Waals surface area contributed by atoms with Crippen molar-refractivity contribution in [3.63, 3.8) is 0 Å². The van der Waals surface area contributed by atoms with Gasteiger partial charge >= 0.3 is 5.97 Å². The first kappa shape index (κ1) is 18.5. The lowest BCUT2D eigenvalue weighted by Gasteiger charge is -2.29. The third kappa shape index (κ3) is 4.19. The first-order valence-corrected chi connectivity index (χ1v) is 8.03. The third-order valence-corrected chi connectivity index (χ3v) is 3.91. The van der Waals surface area contributed by atoms with Crippen LogP contribution in [0.5, 0.6) is 0 Å². The average molecular weight is 373 g/mol. The number of nitrogens with one attached hydrogen (secondary N) is 1. The normalized spacial score (nSPS) is 20.3. The summed E-state index contributed by atoms with van der Waals surface area (Å²) in [4.78, 5) is 29.2. The molecule has 0 bridgehead atoms. The number of halogens is 2. The zero-order chi connectivity index (χ0) is 18.1. The topological polar surface area (TPSA) is 88.0 Å². The first-order chi connectivity index (χ1) is 11.0. The van der Waals surface area contributed by atoms with E-state index in [1.54, 1.807) is 39.0 Å². The van der Waals surface area contributed by atoms with Crippen molar-refractivity contribution < 1.29 is 19.5 Å². The first-order valence-electron chi connectivity index (χ1n) is 7.27. The van der Waals surface area contributed by atoms with Crippen LogP contribution in [-0.2, 0) is 14.4 Å². The van der Waals surface area contributed by atoms with Crippen molar-refractivity contribution in [3.8, 4) is 0 Å². The van der Waals surface area contributed by atoms with E-state index < -0.39 is 29.4 Å². The quantitative estimate of drug-likeness (QED) is 0.848. The number of aliphatic carboxylic acids is 1. The third-order valence-electron chi connectivity index (χ3n) is 3.36. The van der Waals surface area contributed by atoms with Gasteiger partial charge in [0.2, 0.25) is 5.60 Å². The molecule has 1 amide bonds. The Kier molecular flexibility index (Phi) is 5.11. The zero-order valence-electron chi connectivity index (χ0n) is 13.5. The Bertz CT molecular complexity index is 713. The van der Waals surface area contributed by atoms with Gasteiger partial charge in [-0.2, -0.15) is 0 Å². The molecule has 1 unspecified atom stereocenters. The van der Waals surface area contributed by atoms with Gasteiger partial charge in [-0.05, 0) is 32.9 Å². The maximum atomic E-state index is 12.6. The minimum Gasteiger partial charge on any atom is -0.481 e. The van der Waals surface area contributed by atoms with Crippen LogP contribution in [0.25, 0.3) is 0 Å². The Balaban J connectivity index is 2.30. The molecule has 1 atom stereocenters. The Morgan fingerprint density at radius 2 is 2.04 bits per heavy atom. The molecular formula is C16H18Cl2N2O4. The average Bonchev–Trinajstić information content (AvgIpc) is 2.81. The number of nitrogens with zero attached hydrogens (tertiary/aromatic N) is 1. The van der Waals surface area contributed by atoms with Gasteiger partial charge in [0.1, 0.15) is 0 Å². The number of carbonyl (C=O) groups excluding carboxylic acids is 1. The molecule has 8 heteroatoms. The van der Waals surface area contributed by atoms with Crippen molar-refractivity contribution in [2.45, 2.75) is 44.8 Å². The van der Waals surface area contributed by atoms with Crippen LogP contribution in [0.1, 0.15) is 39.2 Å². The van der Waals surface area contributed by atoms with Crippen LogP contribution in [0.3, 0.4) is 0 Å². The molecule has 2 N–H and O–H groups in total. The highest BCUT2D eigenvalue weighted by Gasteiger charge is 2.49. The highest BCUT2D eigenvalue weighted by Crippen LogP contribution is 2.33. The number of oxime groups is 1. The van der Waals surface area contributed by atoms with E-state index >= 15 is 0 Å². The molecule has 1 aliphatic heterocycles. The lowest BCUT2D eigenvalue weighted by atomic mass is 9.89. The molecule has 1 aliphatic rings. The number of hydrogen-bond acceptors (Lipinski definition) is 4. The molecule has 0 saturated heterocycles. The van der Waals surface area contributed by atoms with E-state index in [9.17, 15) is 14.7 Å². The number of carboxylic acid groups (broad SMARTS) is 1. The summed E-state index contributed by atoms with van der Waals surface area (Å²) >= 11 is 12.0. The van der Waals surface area contributed by atoms with Crippen LogP contribution in [0.15, 0.2) is 23.4 Å². The molecule has 0 radical (unpaired) electrons. The van der Waals surface area contributed by atoms with Crippen LogP contribution < -0.4 is 5.32 Å². The van der Waals surface area contributed by atoms with Crippen molar-refractivity contribution in [2.75, 3.05) is 0 Å². The van der Waals surface area contributed by atoms with Gasteiger partial charge in [0.15, 0.2) is 0 Å². The van der Waals surface area contributed by atoms with Crippen LogP contribution >= 0.6 is 23.2 Å². The predicted molar refractivity (Wildman–Crippen MR) is 91.6 cm³/mol. The van der Waals surface area contributed by atoms with Gasteiger partial charge in [-0.25, -0.2) is 0 Å². The number of carboxylic acids is 1. The Hall–Kier alpha value is -1.79. The maximum Gasteiger partial charge on any atom is 0.308 e. The SMILES string of the molecule is CC(C)(C)NC(=O)C1(CC(=O)O)CC(c2ccc(Cl)cc2Cl)=NO1. The number of carbonyl (C=O) groups is 2. The Labute approximate surface area is 149 Å². The fourth-order valence-electron chi connectivity index (χ4n) is 2.34. The number of amides is 1. The molecule has 1 aromatic carbocycles. The fourth-order valence-corrected chi connectivity index (χ4v) is 2.86. The number of hydrogen-bond donors (Lipinski definition) is 2. The molecule has 1 heterocycles. The summed E-state index contributed by atoms with van der Waals surface area (Å²) in [6, 6.07) is 4.84. The second kappa shape index (κ2) is 6.61. The molecule has 0 spiro atoms. The molecule has 130 valence electrons. The molecule has 2 rings (SSSR count). The predicted octanol–water partition coefficient (Wildman–Crippen LogP) is 3.25. The van der Waals surface area contributed by atoms with E-state index in [4.69, 9.17) is 28.0 Å². The van der Waals surface area contributed by atoms with E-state index in [1.807, 2.05) is 0 Å².